The second-order valence-corrected chi connectivity index (χ2v) is 6.17. The lowest BCUT2D eigenvalue weighted by molar-refractivity contribution is 0.248. The van der Waals surface area contributed by atoms with Gasteiger partial charge in [-0.2, -0.15) is 0 Å². The van der Waals surface area contributed by atoms with Crippen LogP contribution in [0.5, 0.6) is 0 Å². The van der Waals surface area contributed by atoms with Gasteiger partial charge >= 0.3 is 0 Å². The molecule has 1 aliphatic rings. The average Bonchev–Trinajstić information content (AvgIpc) is 3.16. The molecule has 2 heteroatoms. The molecule has 0 amide bonds. The van der Waals surface area contributed by atoms with E-state index < -0.39 is 0 Å². The van der Waals surface area contributed by atoms with Crippen LogP contribution in [0, 0.1) is 19.8 Å². The van der Waals surface area contributed by atoms with Crippen LogP contribution in [0.25, 0.3) is 0 Å². The third-order valence-corrected chi connectivity index (χ3v) is 4.04. The van der Waals surface area contributed by atoms with Crippen LogP contribution in [0.4, 0.5) is 0 Å². The molecule has 1 aliphatic carbocycles. The lowest BCUT2D eigenvalue weighted by Crippen LogP contribution is -2.34. The number of aryl methyl sites for hydroxylation is 2. The van der Waals surface area contributed by atoms with Gasteiger partial charge in [-0.05, 0) is 56.7 Å². The molecule has 2 rings (SSSR count). The van der Waals surface area contributed by atoms with Crippen LogP contribution >= 0.6 is 0 Å². The topological polar surface area (TPSA) is 29.3 Å². The van der Waals surface area contributed by atoms with E-state index in [1.54, 1.807) is 0 Å². The van der Waals surface area contributed by atoms with Crippen LogP contribution in [-0.2, 0) is 0 Å². The van der Waals surface area contributed by atoms with Gasteiger partial charge < -0.3 is 10.6 Å². The fourth-order valence-corrected chi connectivity index (χ4v) is 2.77. The highest BCUT2D eigenvalue weighted by molar-refractivity contribution is 5.33. The molecule has 0 heterocycles. The lowest BCUT2D eigenvalue weighted by atomic mass is 9.99. The van der Waals surface area contributed by atoms with Crippen LogP contribution in [0.3, 0.4) is 0 Å². The molecule has 1 aromatic rings. The van der Waals surface area contributed by atoms with Crippen molar-refractivity contribution >= 4 is 0 Å². The zero-order valence-electron chi connectivity index (χ0n) is 12.7. The first-order valence-electron chi connectivity index (χ1n) is 7.65. The Morgan fingerprint density at radius 3 is 2.68 bits per heavy atom. The van der Waals surface area contributed by atoms with Crippen molar-refractivity contribution in [2.24, 2.45) is 11.7 Å². The molecule has 2 nitrogen and oxygen atoms in total. The molecule has 2 N–H and O–H groups in total. The molecule has 1 fully saturated rings. The number of benzene rings is 1. The number of rotatable bonds is 7. The third kappa shape index (κ3) is 4.32. The van der Waals surface area contributed by atoms with Crippen molar-refractivity contribution in [3.8, 4) is 0 Å². The van der Waals surface area contributed by atoms with E-state index in [4.69, 9.17) is 5.73 Å². The largest absolute Gasteiger partial charge is 0.323 e. The molecule has 1 aromatic carbocycles. The maximum absolute atomic E-state index is 6.45. The van der Waals surface area contributed by atoms with E-state index in [1.165, 1.54) is 49.0 Å². The smallest absolute Gasteiger partial charge is 0.0427 e. The Labute approximate surface area is 118 Å². The van der Waals surface area contributed by atoms with Gasteiger partial charge in [0.25, 0.3) is 0 Å². The molecule has 1 atom stereocenters. The van der Waals surface area contributed by atoms with Crippen LogP contribution < -0.4 is 5.73 Å². The molecular weight excluding hydrogens is 232 g/mol. The molecule has 0 aromatic heterocycles. The fraction of sp³-hybridized carbons (Fsp3) is 0.647. The molecule has 106 valence electrons. The number of nitrogens with two attached hydrogens (primary N) is 1. The minimum absolute atomic E-state index is 0.144. The van der Waals surface area contributed by atoms with E-state index in [1.807, 2.05) is 0 Å². The predicted octanol–water partition coefficient (Wildman–Crippen LogP) is 3.43. The Hall–Kier alpha value is -0.860. The minimum Gasteiger partial charge on any atom is -0.323 e. The first-order chi connectivity index (χ1) is 9.10. The van der Waals surface area contributed by atoms with Crippen molar-refractivity contribution in [2.75, 3.05) is 19.6 Å². The second kappa shape index (κ2) is 6.53. The highest BCUT2D eigenvalue weighted by atomic mass is 15.1. The van der Waals surface area contributed by atoms with Gasteiger partial charge in [0, 0.05) is 19.1 Å². The van der Waals surface area contributed by atoms with E-state index in [2.05, 4.69) is 43.9 Å². The summed E-state index contributed by atoms with van der Waals surface area (Å²) in [6.07, 6.45) is 4.05. The summed E-state index contributed by atoms with van der Waals surface area (Å²) in [7, 11) is 0. The van der Waals surface area contributed by atoms with E-state index >= 15 is 0 Å². The van der Waals surface area contributed by atoms with Crippen LogP contribution in [0.2, 0.25) is 0 Å². The van der Waals surface area contributed by atoms with Crippen LogP contribution in [0.1, 0.15) is 48.9 Å². The van der Waals surface area contributed by atoms with E-state index in [0.29, 0.717) is 0 Å². The van der Waals surface area contributed by atoms with Crippen LogP contribution in [-0.4, -0.2) is 24.5 Å². The van der Waals surface area contributed by atoms with Gasteiger partial charge in [-0.25, -0.2) is 0 Å². The summed E-state index contributed by atoms with van der Waals surface area (Å²) in [6, 6.07) is 6.75. The van der Waals surface area contributed by atoms with Gasteiger partial charge in [-0.15, -0.1) is 0 Å². The standard InChI is InChI=1S/C17H28N2/c1-4-9-19(11-15-7-8-15)12-17(18)16-10-13(2)5-6-14(16)3/h5-6,10,15,17H,4,7-9,11-12,18H2,1-3H3. The van der Waals surface area contributed by atoms with Crippen molar-refractivity contribution in [3.63, 3.8) is 0 Å². The Kier molecular flexibility index (Phi) is 5.00. The van der Waals surface area contributed by atoms with Crippen molar-refractivity contribution < 1.29 is 0 Å². The van der Waals surface area contributed by atoms with Crippen molar-refractivity contribution in [1.29, 1.82) is 0 Å². The van der Waals surface area contributed by atoms with Gasteiger partial charge in [-0.3, -0.25) is 0 Å². The first-order valence-corrected chi connectivity index (χ1v) is 7.65. The maximum Gasteiger partial charge on any atom is 0.0427 e. The number of hydrogen-bond donors (Lipinski definition) is 1. The maximum atomic E-state index is 6.45. The molecule has 1 unspecified atom stereocenters. The van der Waals surface area contributed by atoms with Crippen LogP contribution in [0.15, 0.2) is 18.2 Å². The van der Waals surface area contributed by atoms with Gasteiger partial charge in [-0.1, -0.05) is 30.7 Å². The zero-order chi connectivity index (χ0) is 13.8. The van der Waals surface area contributed by atoms with E-state index in [-0.39, 0.29) is 6.04 Å². The molecule has 0 spiro atoms. The van der Waals surface area contributed by atoms with Gasteiger partial charge in [0.05, 0.1) is 0 Å². The fourth-order valence-electron chi connectivity index (χ4n) is 2.77. The monoisotopic (exact) mass is 260 g/mol. The third-order valence-electron chi connectivity index (χ3n) is 4.04. The minimum atomic E-state index is 0.144. The van der Waals surface area contributed by atoms with Gasteiger partial charge in [0.2, 0.25) is 0 Å². The van der Waals surface area contributed by atoms with E-state index in [0.717, 1.165) is 12.5 Å². The molecule has 0 radical (unpaired) electrons. The van der Waals surface area contributed by atoms with Crippen molar-refractivity contribution in [2.45, 2.75) is 46.1 Å². The number of hydrogen-bond acceptors (Lipinski definition) is 2. The molecule has 0 bridgehead atoms. The summed E-state index contributed by atoms with van der Waals surface area (Å²) >= 11 is 0. The predicted molar refractivity (Wildman–Crippen MR) is 82.3 cm³/mol. The molecule has 0 saturated heterocycles. The summed E-state index contributed by atoms with van der Waals surface area (Å²) in [4.78, 5) is 2.56. The Morgan fingerprint density at radius 1 is 1.32 bits per heavy atom. The second-order valence-electron chi connectivity index (χ2n) is 6.17. The normalized spacial score (nSPS) is 16.9. The Morgan fingerprint density at radius 2 is 2.05 bits per heavy atom. The Bertz CT molecular complexity index is 410. The zero-order valence-corrected chi connectivity index (χ0v) is 12.7. The molecule has 1 saturated carbocycles. The van der Waals surface area contributed by atoms with E-state index in [9.17, 15) is 0 Å². The highest BCUT2D eigenvalue weighted by Crippen LogP contribution is 2.30. The highest BCUT2D eigenvalue weighted by Gasteiger charge is 2.25. The lowest BCUT2D eigenvalue weighted by Gasteiger charge is -2.26. The average molecular weight is 260 g/mol. The Balaban J connectivity index is 2.00. The first kappa shape index (κ1) is 14.5. The summed E-state index contributed by atoms with van der Waals surface area (Å²) in [6.45, 7) is 9.97. The quantitative estimate of drug-likeness (QED) is 0.814. The summed E-state index contributed by atoms with van der Waals surface area (Å²) in [5.74, 6) is 0.942. The number of nitrogens with zero attached hydrogens (tertiary/aromatic N) is 1. The summed E-state index contributed by atoms with van der Waals surface area (Å²) in [5.41, 5.74) is 10.4. The van der Waals surface area contributed by atoms with Crippen molar-refractivity contribution in [1.82, 2.24) is 4.90 Å². The molecular formula is C17H28N2. The molecule has 0 aliphatic heterocycles. The summed E-state index contributed by atoms with van der Waals surface area (Å²) < 4.78 is 0. The molecule has 19 heavy (non-hydrogen) atoms. The SMILES string of the molecule is CCCN(CC1CC1)CC(N)c1cc(C)ccc1C. The summed E-state index contributed by atoms with van der Waals surface area (Å²) in [5, 5.41) is 0. The van der Waals surface area contributed by atoms with Crippen molar-refractivity contribution in [3.05, 3.63) is 34.9 Å². The van der Waals surface area contributed by atoms with Gasteiger partial charge in [0.15, 0.2) is 0 Å². The van der Waals surface area contributed by atoms with Gasteiger partial charge in [0.1, 0.15) is 0 Å².